The monoisotopic (exact) mass is 407 g/mol. The molecule has 144 valence electrons. The molecule has 0 spiro atoms. The first kappa shape index (κ1) is 20.0. The van der Waals surface area contributed by atoms with E-state index >= 15 is 0 Å². The molecule has 1 atom stereocenters. The van der Waals surface area contributed by atoms with Gasteiger partial charge in [0.25, 0.3) is 0 Å². The summed E-state index contributed by atoms with van der Waals surface area (Å²) in [4.78, 5) is 14.4. The SMILES string of the molecule is O=C(NCc1ccccc1)NCC1COCCN1Cc1ccc(Cl)c(Cl)c1. The average Bonchev–Trinajstić information content (AvgIpc) is 2.69. The van der Waals surface area contributed by atoms with Gasteiger partial charge in [-0.05, 0) is 23.3 Å². The van der Waals surface area contributed by atoms with E-state index in [1.807, 2.05) is 48.5 Å². The van der Waals surface area contributed by atoms with Crippen molar-refractivity contribution in [1.29, 1.82) is 0 Å². The lowest BCUT2D eigenvalue weighted by Gasteiger charge is -2.35. The van der Waals surface area contributed by atoms with Crippen molar-refractivity contribution in [1.82, 2.24) is 15.5 Å². The lowest BCUT2D eigenvalue weighted by atomic mass is 10.1. The maximum Gasteiger partial charge on any atom is 0.315 e. The highest BCUT2D eigenvalue weighted by molar-refractivity contribution is 6.42. The van der Waals surface area contributed by atoms with E-state index in [1.165, 1.54) is 0 Å². The summed E-state index contributed by atoms with van der Waals surface area (Å²) in [5, 5.41) is 6.92. The van der Waals surface area contributed by atoms with Gasteiger partial charge in [-0.2, -0.15) is 0 Å². The van der Waals surface area contributed by atoms with Gasteiger partial charge in [0.15, 0.2) is 0 Å². The molecule has 3 rings (SSSR count). The lowest BCUT2D eigenvalue weighted by molar-refractivity contribution is -0.00994. The molecule has 0 aliphatic carbocycles. The number of morpholine rings is 1. The summed E-state index contributed by atoms with van der Waals surface area (Å²) in [6, 6.07) is 15.4. The number of benzene rings is 2. The molecule has 0 aromatic heterocycles. The van der Waals surface area contributed by atoms with Gasteiger partial charge in [-0.1, -0.05) is 59.6 Å². The van der Waals surface area contributed by atoms with Crippen LogP contribution >= 0.6 is 23.2 Å². The molecule has 0 bridgehead atoms. The van der Waals surface area contributed by atoms with Crippen LogP contribution in [0.3, 0.4) is 0 Å². The Morgan fingerprint density at radius 2 is 1.89 bits per heavy atom. The van der Waals surface area contributed by atoms with Crippen LogP contribution < -0.4 is 10.6 Å². The van der Waals surface area contributed by atoms with Crippen molar-refractivity contribution in [2.75, 3.05) is 26.3 Å². The van der Waals surface area contributed by atoms with Crippen molar-refractivity contribution in [3.63, 3.8) is 0 Å². The predicted octanol–water partition coefficient (Wildman–Crippen LogP) is 3.69. The van der Waals surface area contributed by atoms with E-state index in [4.69, 9.17) is 27.9 Å². The number of carbonyl (C=O) groups is 1. The van der Waals surface area contributed by atoms with E-state index in [0.29, 0.717) is 36.3 Å². The minimum Gasteiger partial charge on any atom is -0.378 e. The van der Waals surface area contributed by atoms with Crippen LogP contribution in [0.1, 0.15) is 11.1 Å². The van der Waals surface area contributed by atoms with Crippen LogP contribution in [0.25, 0.3) is 0 Å². The smallest absolute Gasteiger partial charge is 0.315 e. The average molecular weight is 408 g/mol. The summed E-state index contributed by atoms with van der Waals surface area (Å²) in [6.45, 7) is 3.82. The molecule has 1 fully saturated rings. The summed E-state index contributed by atoms with van der Waals surface area (Å²) in [5.74, 6) is 0. The van der Waals surface area contributed by atoms with Gasteiger partial charge in [-0.25, -0.2) is 4.79 Å². The molecular formula is C20H23Cl2N3O2. The molecule has 0 saturated carbocycles. The topological polar surface area (TPSA) is 53.6 Å². The van der Waals surface area contributed by atoms with E-state index in [0.717, 1.165) is 24.2 Å². The summed E-state index contributed by atoms with van der Waals surface area (Å²) < 4.78 is 5.59. The number of ether oxygens (including phenoxy) is 1. The Morgan fingerprint density at radius 3 is 2.67 bits per heavy atom. The zero-order valence-electron chi connectivity index (χ0n) is 15.0. The molecule has 27 heavy (non-hydrogen) atoms. The second-order valence-electron chi connectivity index (χ2n) is 6.50. The second-order valence-corrected chi connectivity index (χ2v) is 7.31. The first-order valence-corrected chi connectivity index (χ1v) is 9.69. The zero-order valence-corrected chi connectivity index (χ0v) is 16.5. The minimum absolute atomic E-state index is 0.107. The van der Waals surface area contributed by atoms with Crippen LogP contribution in [0.5, 0.6) is 0 Å². The molecule has 1 aliphatic heterocycles. The van der Waals surface area contributed by atoms with Crippen LogP contribution in [-0.4, -0.2) is 43.3 Å². The van der Waals surface area contributed by atoms with E-state index in [9.17, 15) is 4.79 Å². The Bertz CT molecular complexity index is 758. The standard InChI is InChI=1S/C20H23Cl2N3O2/c21-18-7-6-16(10-19(18)22)13-25-8-9-27-14-17(25)12-24-20(26)23-11-15-4-2-1-3-5-15/h1-7,10,17H,8-9,11-14H2,(H2,23,24,26). The number of hydrogen-bond donors (Lipinski definition) is 2. The summed E-state index contributed by atoms with van der Waals surface area (Å²) in [6.07, 6.45) is 0. The van der Waals surface area contributed by atoms with Gasteiger partial charge >= 0.3 is 6.03 Å². The Balaban J connectivity index is 1.49. The fourth-order valence-corrected chi connectivity index (χ4v) is 3.33. The molecule has 2 aromatic rings. The first-order chi connectivity index (χ1) is 13.1. The van der Waals surface area contributed by atoms with E-state index in [-0.39, 0.29) is 12.1 Å². The van der Waals surface area contributed by atoms with Crippen LogP contribution in [0, 0.1) is 0 Å². The fourth-order valence-electron chi connectivity index (χ4n) is 3.01. The van der Waals surface area contributed by atoms with Crippen molar-refractivity contribution >= 4 is 29.2 Å². The number of nitrogens with zero attached hydrogens (tertiary/aromatic N) is 1. The van der Waals surface area contributed by atoms with Gasteiger partial charge in [0, 0.05) is 26.2 Å². The fraction of sp³-hybridized carbons (Fsp3) is 0.350. The Morgan fingerprint density at radius 1 is 1.07 bits per heavy atom. The van der Waals surface area contributed by atoms with Crippen molar-refractivity contribution in [2.45, 2.75) is 19.1 Å². The molecule has 2 aromatic carbocycles. The van der Waals surface area contributed by atoms with Gasteiger partial charge in [-0.15, -0.1) is 0 Å². The number of hydrogen-bond acceptors (Lipinski definition) is 3. The highest BCUT2D eigenvalue weighted by Crippen LogP contribution is 2.24. The third-order valence-corrected chi connectivity index (χ3v) is 5.25. The van der Waals surface area contributed by atoms with Crippen LogP contribution in [-0.2, 0) is 17.8 Å². The predicted molar refractivity (Wildman–Crippen MR) is 108 cm³/mol. The normalized spacial score (nSPS) is 17.5. The van der Waals surface area contributed by atoms with Crippen molar-refractivity contribution in [3.05, 3.63) is 69.7 Å². The van der Waals surface area contributed by atoms with Crippen LogP contribution in [0.2, 0.25) is 10.0 Å². The molecule has 1 aliphatic rings. The highest BCUT2D eigenvalue weighted by atomic mass is 35.5. The van der Waals surface area contributed by atoms with Gasteiger partial charge < -0.3 is 15.4 Å². The maximum absolute atomic E-state index is 12.1. The van der Waals surface area contributed by atoms with Crippen molar-refractivity contribution < 1.29 is 9.53 Å². The van der Waals surface area contributed by atoms with Gasteiger partial charge in [0.05, 0.1) is 29.3 Å². The molecule has 1 unspecified atom stereocenters. The molecule has 7 heteroatoms. The number of nitrogens with one attached hydrogen (secondary N) is 2. The second kappa shape index (κ2) is 9.95. The Hall–Kier alpha value is -1.79. The summed E-state index contributed by atoms with van der Waals surface area (Å²) in [5.41, 5.74) is 2.15. The molecule has 5 nitrogen and oxygen atoms in total. The molecular weight excluding hydrogens is 385 g/mol. The number of amides is 2. The molecule has 2 amide bonds. The van der Waals surface area contributed by atoms with Gasteiger partial charge in [0.1, 0.15) is 0 Å². The van der Waals surface area contributed by atoms with Crippen LogP contribution in [0.4, 0.5) is 4.79 Å². The maximum atomic E-state index is 12.1. The quantitative estimate of drug-likeness (QED) is 0.767. The molecule has 1 heterocycles. The summed E-state index contributed by atoms with van der Waals surface area (Å²) in [7, 11) is 0. The molecule has 0 radical (unpaired) electrons. The molecule has 1 saturated heterocycles. The number of carbonyl (C=O) groups excluding carboxylic acids is 1. The van der Waals surface area contributed by atoms with E-state index in [2.05, 4.69) is 15.5 Å². The largest absolute Gasteiger partial charge is 0.378 e. The first-order valence-electron chi connectivity index (χ1n) is 8.93. The van der Waals surface area contributed by atoms with E-state index < -0.39 is 0 Å². The number of urea groups is 1. The van der Waals surface area contributed by atoms with Crippen molar-refractivity contribution in [3.8, 4) is 0 Å². The lowest BCUT2D eigenvalue weighted by Crippen LogP contribution is -2.51. The zero-order chi connectivity index (χ0) is 19.1. The summed E-state index contributed by atoms with van der Waals surface area (Å²) >= 11 is 12.1. The number of halogens is 2. The Kier molecular flexibility index (Phi) is 7.35. The molecule has 2 N–H and O–H groups in total. The Labute approximate surface area is 169 Å². The highest BCUT2D eigenvalue weighted by Gasteiger charge is 2.23. The third-order valence-electron chi connectivity index (χ3n) is 4.51. The number of rotatable bonds is 6. The van der Waals surface area contributed by atoms with Gasteiger partial charge in [0.2, 0.25) is 0 Å². The van der Waals surface area contributed by atoms with Crippen LogP contribution in [0.15, 0.2) is 48.5 Å². The van der Waals surface area contributed by atoms with E-state index in [1.54, 1.807) is 0 Å². The minimum atomic E-state index is -0.182. The van der Waals surface area contributed by atoms with Gasteiger partial charge in [-0.3, -0.25) is 4.90 Å². The third kappa shape index (κ3) is 6.11. The van der Waals surface area contributed by atoms with Crippen molar-refractivity contribution in [2.24, 2.45) is 0 Å².